The molecule has 2 aliphatic rings. The highest BCUT2D eigenvalue weighted by Crippen LogP contribution is 2.52. The van der Waals surface area contributed by atoms with Crippen LogP contribution in [0, 0.1) is 17.2 Å². The smallest absolute Gasteiger partial charge is 0.313 e. The molecule has 1 aliphatic heterocycles. The third kappa shape index (κ3) is 3.64. The molecule has 28 heavy (non-hydrogen) atoms. The number of carbonyl (C=O) groups is 1. The predicted octanol–water partition coefficient (Wildman–Crippen LogP) is 5.98. The highest BCUT2D eigenvalue weighted by molar-refractivity contribution is 9.10. The standard InChI is InChI=1S/C22H19Br2FO3/c1-13-6-16-12-28-21(26)22(16,9-13)10-14-3-5-20(18(24)7-14)27-11-15-2-4-17(23)19(25)8-15/h2-5,7-8,16H,1,6,9-12H2. The van der Waals surface area contributed by atoms with Crippen LogP contribution in [0.4, 0.5) is 4.39 Å². The van der Waals surface area contributed by atoms with Crippen LogP contribution in [0.2, 0.25) is 0 Å². The maximum absolute atomic E-state index is 13.6. The van der Waals surface area contributed by atoms with Gasteiger partial charge in [-0.05, 0) is 86.5 Å². The molecule has 1 saturated heterocycles. The quantitative estimate of drug-likeness (QED) is 0.367. The number of cyclic esters (lactones) is 1. The van der Waals surface area contributed by atoms with Gasteiger partial charge in [-0.3, -0.25) is 4.79 Å². The van der Waals surface area contributed by atoms with Gasteiger partial charge in [-0.15, -0.1) is 0 Å². The minimum Gasteiger partial charge on any atom is -0.488 e. The Bertz CT molecular complexity index is 959. The zero-order chi connectivity index (χ0) is 19.9. The number of halogens is 3. The second kappa shape index (κ2) is 7.64. The average Bonchev–Trinajstić information content (AvgIpc) is 3.11. The van der Waals surface area contributed by atoms with Crippen molar-refractivity contribution in [3.8, 4) is 5.75 Å². The van der Waals surface area contributed by atoms with E-state index in [0.717, 1.165) is 27.6 Å². The Morgan fingerprint density at radius 1 is 1.18 bits per heavy atom. The first-order valence-electron chi connectivity index (χ1n) is 9.06. The average molecular weight is 510 g/mol. The van der Waals surface area contributed by atoms with Crippen molar-refractivity contribution in [1.82, 2.24) is 0 Å². The van der Waals surface area contributed by atoms with Crippen molar-refractivity contribution in [2.75, 3.05) is 6.61 Å². The Hall–Kier alpha value is -1.66. The number of fused-ring (bicyclic) bond motifs is 1. The van der Waals surface area contributed by atoms with Crippen LogP contribution >= 0.6 is 31.9 Å². The van der Waals surface area contributed by atoms with Gasteiger partial charge in [-0.25, -0.2) is 4.39 Å². The summed E-state index contributed by atoms with van der Waals surface area (Å²) in [4.78, 5) is 12.5. The molecule has 3 nitrogen and oxygen atoms in total. The molecule has 0 amide bonds. The number of carbonyl (C=O) groups excluding carboxylic acids is 1. The van der Waals surface area contributed by atoms with Gasteiger partial charge in [0, 0.05) is 5.92 Å². The fourth-order valence-corrected chi connectivity index (χ4v) is 4.98. The first kappa shape index (κ1) is 19.6. The van der Waals surface area contributed by atoms with Gasteiger partial charge in [0.1, 0.15) is 18.2 Å². The summed E-state index contributed by atoms with van der Waals surface area (Å²) in [5.41, 5.74) is 2.44. The summed E-state index contributed by atoms with van der Waals surface area (Å²) in [5.74, 6) is 0.469. The fraction of sp³-hybridized carbons (Fsp3) is 0.318. The number of esters is 1. The van der Waals surface area contributed by atoms with E-state index in [1.807, 2.05) is 24.3 Å². The second-order valence-corrected chi connectivity index (χ2v) is 9.27. The molecule has 6 heteroatoms. The number of hydrogen-bond acceptors (Lipinski definition) is 3. The zero-order valence-electron chi connectivity index (χ0n) is 15.1. The normalized spacial score (nSPS) is 23.6. The molecular weight excluding hydrogens is 491 g/mol. The highest BCUT2D eigenvalue weighted by Gasteiger charge is 2.55. The number of ether oxygens (including phenoxy) is 2. The van der Waals surface area contributed by atoms with Crippen LogP contribution < -0.4 is 4.74 Å². The lowest BCUT2D eigenvalue weighted by Crippen LogP contribution is -2.31. The summed E-state index contributed by atoms with van der Waals surface area (Å²) in [5, 5.41) is 0. The number of benzene rings is 2. The Labute approximate surface area is 180 Å². The first-order chi connectivity index (χ1) is 13.4. The minimum atomic E-state index is -0.478. The zero-order valence-corrected chi connectivity index (χ0v) is 18.3. The maximum atomic E-state index is 13.6. The summed E-state index contributed by atoms with van der Waals surface area (Å²) < 4.78 is 26.1. The molecule has 2 fully saturated rings. The third-order valence-electron chi connectivity index (χ3n) is 5.60. The van der Waals surface area contributed by atoms with Crippen molar-refractivity contribution < 1.29 is 18.7 Å². The Morgan fingerprint density at radius 2 is 1.96 bits per heavy atom. The summed E-state index contributed by atoms with van der Waals surface area (Å²) in [6, 6.07) is 10.8. The Kier molecular flexibility index (Phi) is 5.36. The van der Waals surface area contributed by atoms with E-state index in [9.17, 15) is 9.18 Å². The predicted molar refractivity (Wildman–Crippen MR) is 112 cm³/mol. The molecule has 0 aromatic heterocycles. The largest absolute Gasteiger partial charge is 0.488 e. The van der Waals surface area contributed by atoms with Gasteiger partial charge >= 0.3 is 5.97 Å². The summed E-state index contributed by atoms with van der Waals surface area (Å²) in [7, 11) is 0. The van der Waals surface area contributed by atoms with Gasteiger partial charge in [-0.2, -0.15) is 0 Å². The van der Waals surface area contributed by atoms with Gasteiger partial charge in [0.25, 0.3) is 0 Å². The highest BCUT2D eigenvalue weighted by atomic mass is 79.9. The molecule has 0 radical (unpaired) electrons. The monoisotopic (exact) mass is 508 g/mol. The summed E-state index contributed by atoms with van der Waals surface area (Å²) in [6.45, 7) is 4.84. The molecule has 2 atom stereocenters. The van der Waals surface area contributed by atoms with E-state index in [4.69, 9.17) is 9.47 Å². The summed E-state index contributed by atoms with van der Waals surface area (Å²) >= 11 is 6.70. The van der Waals surface area contributed by atoms with E-state index >= 15 is 0 Å². The van der Waals surface area contributed by atoms with Crippen LogP contribution in [-0.4, -0.2) is 12.6 Å². The van der Waals surface area contributed by atoms with Crippen molar-refractivity contribution in [3.63, 3.8) is 0 Å². The molecule has 0 N–H and O–H groups in total. The summed E-state index contributed by atoms with van der Waals surface area (Å²) in [6.07, 6.45) is 2.19. The van der Waals surface area contributed by atoms with E-state index in [0.29, 0.717) is 29.7 Å². The van der Waals surface area contributed by atoms with Gasteiger partial charge in [0.2, 0.25) is 0 Å². The SMILES string of the molecule is C=C1CC2COC(=O)C2(Cc2ccc(OCc3ccc(Br)c(F)c3)c(Br)c2)C1. The van der Waals surface area contributed by atoms with E-state index in [-0.39, 0.29) is 24.3 Å². The van der Waals surface area contributed by atoms with Crippen molar-refractivity contribution in [1.29, 1.82) is 0 Å². The van der Waals surface area contributed by atoms with Crippen molar-refractivity contribution >= 4 is 37.8 Å². The Morgan fingerprint density at radius 3 is 2.71 bits per heavy atom. The van der Waals surface area contributed by atoms with Crippen molar-refractivity contribution in [3.05, 3.63) is 74.4 Å². The van der Waals surface area contributed by atoms with E-state index < -0.39 is 5.41 Å². The molecule has 4 rings (SSSR count). The van der Waals surface area contributed by atoms with Gasteiger partial charge < -0.3 is 9.47 Å². The van der Waals surface area contributed by atoms with Gasteiger partial charge in [0.15, 0.2) is 0 Å². The van der Waals surface area contributed by atoms with Crippen LogP contribution in [-0.2, 0) is 22.6 Å². The lowest BCUT2D eigenvalue weighted by atomic mass is 9.75. The van der Waals surface area contributed by atoms with Crippen molar-refractivity contribution in [2.24, 2.45) is 11.3 Å². The maximum Gasteiger partial charge on any atom is 0.313 e. The molecule has 0 spiro atoms. The van der Waals surface area contributed by atoms with Crippen LogP contribution in [0.3, 0.4) is 0 Å². The topological polar surface area (TPSA) is 35.5 Å². The van der Waals surface area contributed by atoms with E-state index in [1.54, 1.807) is 6.07 Å². The van der Waals surface area contributed by atoms with E-state index in [1.165, 1.54) is 6.07 Å². The lowest BCUT2D eigenvalue weighted by Gasteiger charge is -2.24. The lowest BCUT2D eigenvalue weighted by molar-refractivity contribution is -0.146. The molecular formula is C22H19Br2FO3. The number of hydrogen-bond donors (Lipinski definition) is 0. The molecule has 2 unspecified atom stereocenters. The molecule has 1 saturated carbocycles. The van der Waals surface area contributed by atoms with Gasteiger partial charge in [-0.1, -0.05) is 24.3 Å². The van der Waals surface area contributed by atoms with Crippen LogP contribution in [0.1, 0.15) is 24.0 Å². The van der Waals surface area contributed by atoms with Gasteiger partial charge in [0.05, 0.1) is 21.0 Å². The minimum absolute atomic E-state index is 0.107. The van der Waals surface area contributed by atoms with Crippen molar-refractivity contribution in [2.45, 2.75) is 25.9 Å². The molecule has 146 valence electrons. The molecule has 1 heterocycles. The molecule has 2 aromatic carbocycles. The molecule has 2 aromatic rings. The number of allylic oxidation sites excluding steroid dienone is 1. The molecule has 1 aliphatic carbocycles. The van der Waals surface area contributed by atoms with Crippen LogP contribution in [0.25, 0.3) is 0 Å². The van der Waals surface area contributed by atoms with Crippen LogP contribution in [0.15, 0.2) is 57.5 Å². The van der Waals surface area contributed by atoms with E-state index in [2.05, 4.69) is 38.4 Å². The first-order valence-corrected chi connectivity index (χ1v) is 10.6. The van der Waals surface area contributed by atoms with Crippen LogP contribution in [0.5, 0.6) is 5.75 Å². The second-order valence-electron chi connectivity index (χ2n) is 7.56. The Balaban J connectivity index is 1.48. The fourth-order valence-electron chi connectivity index (χ4n) is 4.19. The molecule has 0 bridgehead atoms. The number of rotatable bonds is 5. The third-order valence-corrected chi connectivity index (χ3v) is 6.86.